The highest BCUT2D eigenvalue weighted by Crippen LogP contribution is 2.34. The number of nitrogens with one attached hydrogen (secondary N) is 2. The number of amides is 2. The minimum Gasteiger partial charge on any atom is -0.454 e. The van der Waals surface area contributed by atoms with E-state index in [0.717, 1.165) is 16.8 Å². The van der Waals surface area contributed by atoms with Gasteiger partial charge in [0.2, 0.25) is 6.79 Å². The number of hydrogen-bond acceptors (Lipinski definition) is 5. The topological polar surface area (TPSA) is 89.6 Å². The summed E-state index contributed by atoms with van der Waals surface area (Å²) in [6.07, 6.45) is 2.84. The number of benzene rings is 2. The molecule has 0 atom stereocenters. The van der Waals surface area contributed by atoms with Gasteiger partial charge in [0, 0.05) is 29.8 Å². The second-order valence-corrected chi connectivity index (χ2v) is 6.76. The van der Waals surface area contributed by atoms with E-state index in [4.69, 9.17) is 9.47 Å². The van der Waals surface area contributed by atoms with Crippen molar-refractivity contribution in [3.05, 3.63) is 77.1 Å². The van der Waals surface area contributed by atoms with E-state index in [1.165, 1.54) is 18.5 Å². The van der Waals surface area contributed by atoms with Crippen molar-refractivity contribution in [2.45, 2.75) is 13.8 Å². The van der Waals surface area contributed by atoms with Crippen molar-refractivity contribution < 1.29 is 19.1 Å². The van der Waals surface area contributed by atoms with Crippen LogP contribution in [0.5, 0.6) is 11.5 Å². The van der Waals surface area contributed by atoms with Gasteiger partial charge >= 0.3 is 0 Å². The monoisotopic (exact) mass is 389 g/mol. The van der Waals surface area contributed by atoms with Gasteiger partial charge in [0.1, 0.15) is 0 Å². The highest BCUT2D eigenvalue weighted by molar-refractivity contribution is 6.08. The molecule has 1 aliphatic heterocycles. The lowest BCUT2D eigenvalue weighted by molar-refractivity contribution is 0.102. The van der Waals surface area contributed by atoms with E-state index < -0.39 is 0 Å². The molecular weight excluding hydrogens is 370 g/mol. The molecule has 2 aromatic carbocycles. The van der Waals surface area contributed by atoms with Crippen molar-refractivity contribution in [2.75, 3.05) is 17.4 Å². The van der Waals surface area contributed by atoms with Crippen LogP contribution in [0.3, 0.4) is 0 Å². The number of carbonyl (C=O) groups excluding carboxylic acids is 2. The van der Waals surface area contributed by atoms with Crippen molar-refractivity contribution in [1.82, 2.24) is 4.98 Å². The van der Waals surface area contributed by atoms with Gasteiger partial charge in [-0.2, -0.15) is 0 Å². The van der Waals surface area contributed by atoms with E-state index in [1.54, 1.807) is 18.2 Å². The lowest BCUT2D eigenvalue weighted by Gasteiger charge is -2.10. The maximum absolute atomic E-state index is 12.6. The van der Waals surface area contributed by atoms with Gasteiger partial charge in [-0.25, -0.2) is 0 Å². The molecule has 0 saturated carbocycles. The molecule has 0 bridgehead atoms. The average molecular weight is 389 g/mol. The molecule has 1 aliphatic rings. The molecule has 0 unspecified atom stereocenters. The number of pyridine rings is 1. The predicted octanol–water partition coefficient (Wildman–Crippen LogP) is 3.93. The lowest BCUT2D eigenvalue weighted by atomic mass is 10.1. The van der Waals surface area contributed by atoms with E-state index in [-0.39, 0.29) is 24.2 Å². The first kappa shape index (κ1) is 18.5. The first-order valence-corrected chi connectivity index (χ1v) is 9.04. The van der Waals surface area contributed by atoms with Crippen LogP contribution in [0.15, 0.2) is 54.9 Å². The van der Waals surface area contributed by atoms with Gasteiger partial charge in [0.15, 0.2) is 11.5 Å². The van der Waals surface area contributed by atoms with Crippen LogP contribution in [0.25, 0.3) is 0 Å². The molecule has 0 radical (unpaired) electrons. The number of aromatic nitrogens is 1. The Bertz CT molecular complexity index is 1110. The molecule has 2 N–H and O–H groups in total. The molecule has 4 rings (SSSR count). The maximum Gasteiger partial charge on any atom is 0.257 e. The summed E-state index contributed by atoms with van der Waals surface area (Å²) in [6, 6.07) is 12.5. The van der Waals surface area contributed by atoms with E-state index in [2.05, 4.69) is 15.6 Å². The number of nitrogens with zero attached hydrogens (tertiary/aromatic N) is 1. The van der Waals surface area contributed by atoms with Gasteiger partial charge in [-0.05, 0) is 49.2 Å². The fraction of sp³-hybridized carbons (Fsp3) is 0.136. The molecular formula is C22H19N3O4. The molecule has 0 fully saturated rings. The Morgan fingerprint density at radius 3 is 2.38 bits per heavy atom. The van der Waals surface area contributed by atoms with Crippen LogP contribution in [-0.4, -0.2) is 23.6 Å². The average Bonchev–Trinajstić information content (AvgIpc) is 3.18. The fourth-order valence-electron chi connectivity index (χ4n) is 2.93. The van der Waals surface area contributed by atoms with E-state index in [9.17, 15) is 9.59 Å². The third kappa shape index (κ3) is 4.03. The molecule has 2 amide bonds. The van der Waals surface area contributed by atoms with E-state index in [1.807, 2.05) is 32.0 Å². The van der Waals surface area contributed by atoms with Gasteiger partial charge in [-0.1, -0.05) is 12.1 Å². The zero-order valence-corrected chi connectivity index (χ0v) is 16.0. The van der Waals surface area contributed by atoms with Gasteiger partial charge in [0.25, 0.3) is 11.8 Å². The molecule has 0 spiro atoms. The Morgan fingerprint density at radius 1 is 0.862 bits per heavy atom. The minimum atomic E-state index is -0.377. The van der Waals surface area contributed by atoms with Crippen LogP contribution in [0, 0.1) is 13.8 Å². The second-order valence-electron chi connectivity index (χ2n) is 6.76. The van der Waals surface area contributed by atoms with Crippen LogP contribution < -0.4 is 20.1 Å². The Morgan fingerprint density at radius 2 is 1.59 bits per heavy atom. The van der Waals surface area contributed by atoms with Gasteiger partial charge in [0.05, 0.1) is 11.1 Å². The standard InChI is InChI=1S/C22H19N3O4/c1-13-3-4-14(2)18(7-13)25-22(27)16-8-15(10-23-11-16)21(26)24-17-5-6-19-20(9-17)29-12-28-19/h3-11H,12H2,1-2H3,(H,24,26)(H,25,27). The zero-order valence-electron chi connectivity index (χ0n) is 16.0. The molecule has 7 nitrogen and oxygen atoms in total. The molecule has 7 heteroatoms. The first-order valence-electron chi connectivity index (χ1n) is 9.04. The normalized spacial score (nSPS) is 11.8. The number of ether oxygens (including phenoxy) is 2. The summed E-state index contributed by atoms with van der Waals surface area (Å²) in [5, 5.41) is 5.64. The molecule has 146 valence electrons. The van der Waals surface area contributed by atoms with E-state index >= 15 is 0 Å². The van der Waals surface area contributed by atoms with E-state index in [0.29, 0.717) is 22.7 Å². The van der Waals surface area contributed by atoms with Crippen molar-refractivity contribution in [3.8, 4) is 11.5 Å². The number of aryl methyl sites for hydroxylation is 2. The van der Waals surface area contributed by atoms with Crippen LogP contribution in [-0.2, 0) is 0 Å². The van der Waals surface area contributed by atoms with Crippen molar-refractivity contribution >= 4 is 23.2 Å². The summed E-state index contributed by atoms with van der Waals surface area (Å²) in [5.41, 5.74) is 3.85. The maximum atomic E-state index is 12.6. The van der Waals surface area contributed by atoms with Gasteiger partial charge < -0.3 is 20.1 Å². The predicted molar refractivity (Wildman–Crippen MR) is 109 cm³/mol. The molecule has 3 aromatic rings. The Labute approximate surface area is 167 Å². The van der Waals surface area contributed by atoms with Crippen molar-refractivity contribution in [1.29, 1.82) is 0 Å². The minimum absolute atomic E-state index is 0.161. The van der Waals surface area contributed by atoms with Crippen LogP contribution >= 0.6 is 0 Å². The number of anilines is 2. The molecule has 2 heterocycles. The van der Waals surface area contributed by atoms with Crippen molar-refractivity contribution in [2.24, 2.45) is 0 Å². The quantitative estimate of drug-likeness (QED) is 0.706. The van der Waals surface area contributed by atoms with Gasteiger partial charge in [-0.15, -0.1) is 0 Å². The number of hydrogen-bond donors (Lipinski definition) is 2. The summed E-state index contributed by atoms with van der Waals surface area (Å²) >= 11 is 0. The summed E-state index contributed by atoms with van der Waals surface area (Å²) < 4.78 is 10.6. The van der Waals surface area contributed by atoms with Crippen molar-refractivity contribution in [3.63, 3.8) is 0 Å². The highest BCUT2D eigenvalue weighted by Gasteiger charge is 2.16. The Hall–Kier alpha value is -3.87. The second kappa shape index (κ2) is 7.63. The summed E-state index contributed by atoms with van der Waals surface area (Å²) in [5.74, 6) is 0.499. The summed E-state index contributed by atoms with van der Waals surface area (Å²) in [4.78, 5) is 29.3. The van der Waals surface area contributed by atoms with Crippen LogP contribution in [0.2, 0.25) is 0 Å². The fourth-order valence-corrected chi connectivity index (χ4v) is 2.93. The SMILES string of the molecule is Cc1ccc(C)c(NC(=O)c2cncc(C(=O)Nc3ccc4c(c3)OCO4)c2)c1. The third-order valence-electron chi connectivity index (χ3n) is 4.53. The highest BCUT2D eigenvalue weighted by atomic mass is 16.7. The number of carbonyl (C=O) groups is 2. The van der Waals surface area contributed by atoms with Gasteiger partial charge in [-0.3, -0.25) is 14.6 Å². The third-order valence-corrected chi connectivity index (χ3v) is 4.53. The Balaban J connectivity index is 1.49. The van der Waals surface area contributed by atoms with Crippen LogP contribution in [0.1, 0.15) is 31.8 Å². The molecule has 1 aromatic heterocycles. The first-order chi connectivity index (χ1) is 14.0. The largest absolute Gasteiger partial charge is 0.454 e. The smallest absolute Gasteiger partial charge is 0.257 e. The number of fused-ring (bicyclic) bond motifs is 1. The molecule has 0 saturated heterocycles. The van der Waals surface area contributed by atoms with Crippen LogP contribution in [0.4, 0.5) is 11.4 Å². The number of rotatable bonds is 4. The molecule has 0 aliphatic carbocycles. The lowest BCUT2D eigenvalue weighted by Crippen LogP contribution is -2.16. The molecule has 29 heavy (non-hydrogen) atoms. The summed E-state index contributed by atoms with van der Waals surface area (Å²) in [7, 11) is 0. The summed E-state index contributed by atoms with van der Waals surface area (Å²) in [6.45, 7) is 4.04. The Kier molecular flexibility index (Phi) is 4.87. The zero-order chi connectivity index (χ0) is 20.4.